The molecule has 0 saturated carbocycles. The van der Waals surface area contributed by atoms with Gasteiger partial charge in [-0.2, -0.15) is 8.78 Å². The van der Waals surface area contributed by atoms with E-state index in [-0.39, 0.29) is 5.75 Å². The molecule has 0 aromatic heterocycles. The van der Waals surface area contributed by atoms with Crippen molar-refractivity contribution >= 4 is 5.69 Å². The Balaban J connectivity index is 2.74. The van der Waals surface area contributed by atoms with Crippen molar-refractivity contribution < 1.29 is 13.5 Å². The molecule has 0 fully saturated rings. The first-order chi connectivity index (χ1) is 8.17. The van der Waals surface area contributed by atoms with Crippen LogP contribution < -0.4 is 10.1 Å². The summed E-state index contributed by atoms with van der Waals surface area (Å²) in [5.74, 6) is 0.206. The molecule has 96 valence electrons. The third kappa shape index (κ3) is 4.59. The fourth-order valence-corrected chi connectivity index (χ4v) is 1.73. The zero-order valence-corrected chi connectivity index (χ0v) is 10.2. The summed E-state index contributed by atoms with van der Waals surface area (Å²) < 4.78 is 28.9. The third-order valence-corrected chi connectivity index (χ3v) is 2.59. The standard InChI is InChI=1S/C13H19F2NO/c1-3-7-10(4-2)16-11-8-5-6-9-12(11)17-13(14)15/h5-6,8-10,13,16H,3-4,7H2,1-2H3. The predicted molar refractivity (Wildman–Crippen MR) is 65.7 cm³/mol. The lowest BCUT2D eigenvalue weighted by atomic mass is 10.1. The third-order valence-electron chi connectivity index (χ3n) is 2.59. The highest BCUT2D eigenvalue weighted by atomic mass is 19.3. The number of nitrogens with one attached hydrogen (secondary N) is 1. The molecule has 0 aliphatic rings. The van der Waals surface area contributed by atoms with E-state index in [0.717, 1.165) is 19.3 Å². The van der Waals surface area contributed by atoms with E-state index in [1.165, 1.54) is 0 Å². The maximum absolute atomic E-state index is 12.2. The molecule has 0 amide bonds. The van der Waals surface area contributed by atoms with E-state index in [9.17, 15) is 8.78 Å². The number of alkyl halides is 2. The van der Waals surface area contributed by atoms with Gasteiger partial charge in [-0.15, -0.1) is 0 Å². The summed E-state index contributed by atoms with van der Waals surface area (Å²) in [5.41, 5.74) is 0.633. The molecule has 0 aliphatic carbocycles. The van der Waals surface area contributed by atoms with E-state index in [0.29, 0.717) is 11.7 Å². The van der Waals surface area contributed by atoms with Crippen molar-refractivity contribution in [1.29, 1.82) is 0 Å². The molecule has 1 rings (SSSR count). The van der Waals surface area contributed by atoms with Gasteiger partial charge >= 0.3 is 6.61 Å². The Morgan fingerprint density at radius 1 is 1.24 bits per heavy atom. The smallest absolute Gasteiger partial charge is 0.387 e. The quantitative estimate of drug-likeness (QED) is 0.771. The Labute approximate surface area is 101 Å². The van der Waals surface area contributed by atoms with Gasteiger partial charge in [0.2, 0.25) is 0 Å². The van der Waals surface area contributed by atoms with Gasteiger partial charge in [-0.3, -0.25) is 0 Å². The number of anilines is 1. The maximum atomic E-state index is 12.2. The van der Waals surface area contributed by atoms with Crippen LogP contribution in [0.4, 0.5) is 14.5 Å². The number of hydrogen-bond donors (Lipinski definition) is 1. The van der Waals surface area contributed by atoms with E-state index in [4.69, 9.17) is 0 Å². The average molecular weight is 243 g/mol. The summed E-state index contributed by atoms with van der Waals surface area (Å²) in [6.07, 6.45) is 3.03. The second kappa shape index (κ2) is 7.09. The number of halogens is 2. The first kappa shape index (κ1) is 13.7. The number of benzene rings is 1. The number of para-hydroxylation sites is 2. The molecule has 1 unspecified atom stereocenters. The van der Waals surface area contributed by atoms with Gasteiger partial charge < -0.3 is 10.1 Å². The summed E-state index contributed by atoms with van der Waals surface area (Å²) in [4.78, 5) is 0. The summed E-state index contributed by atoms with van der Waals surface area (Å²) in [6.45, 7) is 1.39. The van der Waals surface area contributed by atoms with Crippen molar-refractivity contribution in [2.24, 2.45) is 0 Å². The predicted octanol–water partition coefficient (Wildman–Crippen LogP) is 4.28. The Hall–Kier alpha value is -1.32. The second-order valence-corrected chi connectivity index (χ2v) is 3.91. The first-order valence-corrected chi connectivity index (χ1v) is 5.97. The largest absolute Gasteiger partial charge is 0.433 e. The average Bonchev–Trinajstić information content (AvgIpc) is 2.30. The van der Waals surface area contributed by atoms with Crippen LogP contribution in [0.2, 0.25) is 0 Å². The van der Waals surface area contributed by atoms with Crippen molar-refractivity contribution in [3.8, 4) is 5.75 Å². The van der Waals surface area contributed by atoms with Gasteiger partial charge in [0.15, 0.2) is 0 Å². The minimum atomic E-state index is -2.79. The lowest BCUT2D eigenvalue weighted by Gasteiger charge is -2.19. The van der Waals surface area contributed by atoms with E-state index in [1.54, 1.807) is 24.3 Å². The van der Waals surface area contributed by atoms with Crippen LogP contribution in [0.25, 0.3) is 0 Å². The molecule has 1 N–H and O–H groups in total. The van der Waals surface area contributed by atoms with Crippen molar-refractivity contribution in [3.05, 3.63) is 24.3 Å². The summed E-state index contributed by atoms with van der Waals surface area (Å²) in [5, 5.41) is 3.25. The second-order valence-electron chi connectivity index (χ2n) is 3.91. The lowest BCUT2D eigenvalue weighted by Crippen LogP contribution is -2.18. The van der Waals surface area contributed by atoms with Crippen LogP contribution in [0.3, 0.4) is 0 Å². The van der Waals surface area contributed by atoms with Crippen LogP contribution in [0.1, 0.15) is 33.1 Å². The van der Waals surface area contributed by atoms with Gasteiger partial charge in [0.05, 0.1) is 5.69 Å². The molecule has 1 atom stereocenters. The van der Waals surface area contributed by atoms with Gasteiger partial charge in [0.1, 0.15) is 5.75 Å². The molecule has 1 aromatic rings. The minimum Gasteiger partial charge on any atom is -0.433 e. The van der Waals surface area contributed by atoms with Crippen molar-refractivity contribution in [2.45, 2.75) is 45.8 Å². The van der Waals surface area contributed by atoms with Gasteiger partial charge in [-0.1, -0.05) is 32.4 Å². The maximum Gasteiger partial charge on any atom is 0.387 e. The molecule has 0 spiro atoms. The van der Waals surface area contributed by atoms with Crippen LogP contribution >= 0.6 is 0 Å². The number of rotatable bonds is 7. The fraction of sp³-hybridized carbons (Fsp3) is 0.538. The number of hydrogen-bond acceptors (Lipinski definition) is 2. The van der Waals surface area contributed by atoms with Crippen molar-refractivity contribution in [2.75, 3.05) is 5.32 Å². The topological polar surface area (TPSA) is 21.3 Å². The monoisotopic (exact) mass is 243 g/mol. The number of ether oxygens (including phenoxy) is 1. The molecule has 2 nitrogen and oxygen atoms in total. The fourth-order valence-electron chi connectivity index (χ4n) is 1.73. The summed E-state index contributed by atoms with van der Waals surface area (Å²) >= 11 is 0. The summed E-state index contributed by atoms with van der Waals surface area (Å²) in [7, 11) is 0. The molecule has 0 bridgehead atoms. The van der Waals surface area contributed by atoms with Gasteiger partial charge in [0, 0.05) is 6.04 Å². The van der Waals surface area contributed by atoms with Crippen LogP contribution in [-0.2, 0) is 0 Å². The van der Waals surface area contributed by atoms with Crippen molar-refractivity contribution in [3.63, 3.8) is 0 Å². The van der Waals surface area contributed by atoms with E-state index in [1.807, 2.05) is 0 Å². The van der Waals surface area contributed by atoms with Gasteiger partial charge in [-0.05, 0) is 25.0 Å². The minimum absolute atomic E-state index is 0.206. The van der Waals surface area contributed by atoms with Crippen LogP contribution in [-0.4, -0.2) is 12.7 Å². The lowest BCUT2D eigenvalue weighted by molar-refractivity contribution is -0.0493. The molecular formula is C13H19F2NO. The van der Waals surface area contributed by atoms with E-state index < -0.39 is 6.61 Å². The van der Waals surface area contributed by atoms with Gasteiger partial charge in [0.25, 0.3) is 0 Å². The highest BCUT2D eigenvalue weighted by molar-refractivity contribution is 5.56. The molecule has 17 heavy (non-hydrogen) atoms. The molecular weight excluding hydrogens is 224 g/mol. The molecule has 0 saturated heterocycles. The summed E-state index contributed by atoms with van der Waals surface area (Å²) in [6, 6.07) is 7.09. The zero-order valence-electron chi connectivity index (χ0n) is 10.2. The highest BCUT2D eigenvalue weighted by Gasteiger charge is 2.11. The Bertz CT molecular complexity index is 331. The molecule has 1 aromatic carbocycles. The van der Waals surface area contributed by atoms with Crippen LogP contribution in [0.15, 0.2) is 24.3 Å². The Morgan fingerprint density at radius 3 is 2.53 bits per heavy atom. The highest BCUT2D eigenvalue weighted by Crippen LogP contribution is 2.27. The molecule has 0 radical (unpaired) electrons. The Morgan fingerprint density at radius 2 is 1.94 bits per heavy atom. The molecule has 0 aliphatic heterocycles. The zero-order chi connectivity index (χ0) is 12.7. The van der Waals surface area contributed by atoms with Gasteiger partial charge in [-0.25, -0.2) is 0 Å². The van der Waals surface area contributed by atoms with E-state index in [2.05, 4.69) is 23.9 Å². The first-order valence-electron chi connectivity index (χ1n) is 5.97. The van der Waals surface area contributed by atoms with Crippen LogP contribution in [0.5, 0.6) is 5.75 Å². The SMILES string of the molecule is CCCC(CC)Nc1ccccc1OC(F)F. The normalized spacial score (nSPS) is 12.5. The van der Waals surface area contributed by atoms with E-state index >= 15 is 0 Å². The van der Waals surface area contributed by atoms with Crippen LogP contribution in [0, 0.1) is 0 Å². The molecule has 0 heterocycles. The Kier molecular flexibility index (Phi) is 5.73. The van der Waals surface area contributed by atoms with Crippen molar-refractivity contribution in [1.82, 2.24) is 0 Å². The molecule has 4 heteroatoms.